The number of tetrazole rings is 1. The second kappa shape index (κ2) is 5.77. The zero-order valence-corrected chi connectivity index (χ0v) is 10.9. The van der Waals surface area contributed by atoms with Gasteiger partial charge in [-0.1, -0.05) is 18.1 Å². The van der Waals surface area contributed by atoms with E-state index in [1.165, 1.54) is 36.7 Å². The van der Waals surface area contributed by atoms with Crippen LogP contribution in [0.25, 0.3) is 5.65 Å². The minimum atomic E-state index is 0.664. The Bertz CT molecular complexity index is 573. The molecule has 0 radical (unpaired) electrons. The summed E-state index contributed by atoms with van der Waals surface area (Å²) in [5.74, 6) is 0.814. The molecule has 1 aliphatic rings. The third-order valence-electron chi connectivity index (χ3n) is 3.46. The molecule has 2 heterocycles. The van der Waals surface area contributed by atoms with Crippen LogP contribution in [0.2, 0.25) is 0 Å². The van der Waals surface area contributed by atoms with Crippen molar-refractivity contribution in [1.29, 1.82) is 0 Å². The Morgan fingerprint density at radius 2 is 2.21 bits per heavy atom. The first kappa shape index (κ1) is 12.1. The van der Waals surface area contributed by atoms with Crippen molar-refractivity contribution in [3.05, 3.63) is 23.8 Å². The minimum absolute atomic E-state index is 0.664. The maximum Gasteiger partial charge on any atom is 0.200 e. The van der Waals surface area contributed by atoms with Gasteiger partial charge in [0.25, 0.3) is 0 Å². The zero-order valence-electron chi connectivity index (χ0n) is 10.9. The summed E-state index contributed by atoms with van der Waals surface area (Å²) in [6, 6.07) is 3.77. The zero-order chi connectivity index (χ0) is 12.9. The summed E-state index contributed by atoms with van der Waals surface area (Å²) in [5, 5.41) is 18.8. The van der Waals surface area contributed by atoms with Crippen molar-refractivity contribution in [1.82, 2.24) is 25.3 Å². The summed E-state index contributed by atoms with van der Waals surface area (Å²) in [7, 11) is 0. The molecule has 0 unspecified atom stereocenters. The van der Waals surface area contributed by atoms with Gasteiger partial charge >= 0.3 is 0 Å². The molecular weight excluding hydrogens is 240 g/mol. The third kappa shape index (κ3) is 3.07. The normalized spacial score (nSPS) is 16.1. The van der Waals surface area contributed by atoms with E-state index in [1.54, 1.807) is 5.57 Å². The number of nitrogens with zero attached hydrogens (tertiary/aromatic N) is 5. The predicted octanol–water partition coefficient (Wildman–Crippen LogP) is 2.21. The van der Waals surface area contributed by atoms with Crippen LogP contribution in [0.4, 0.5) is 5.82 Å². The number of nitrogens with one attached hydrogen (secondary N) is 1. The lowest BCUT2D eigenvalue weighted by atomic mass is 10.1. The van der Waals surface area contributed by atoms with Crippen LogP contribution in [-0.2, 0) is 0 Å². The molecule has 19 heavy (non-hydrogen) atoms. The molecule has 1 N–H and O–H groups in total. The number of aromatic nitrogens is 5. The fraction of sp³-hybridized carbons (Fsp3) is 0.538. The molecule has 0 spiro atoms. The molecule has 6 heteroatoms. The average molecular weight is 258 g/mol. The van der Waals surface area contributed by atoms with Crippen molar-refractivity contribution in [3.63, 3.8) is 0 Å². The Labute approximate surface area is 111 Å². The molecule has 2 aromatic rings. The largest absolute Gasteiger partial charge is 0.368 e. The lowest BCUT2D eigenvalue weighted by molar-refractivity contribution is 0.703. The van der Waals surface area contributed by atoms with E-state index < -0.39 is 0 Å². The van der Waals surface area contributed by atoms with E-state index in [2.05, 4.69) is 32.0 Å². The Morgan fingerprint density at radius 3 is 3.21 bits per heavy atom. The topological polar surface area (TPSA) is 68.0 Å². The van der Waals surface area contributed by atoms with Crippen molar-refractivity contribution in [2.24, 2.45) is 0 Å². The first-order chi connectivity index (χ1) is 9.42. The number of hydrogen-bond acceptors (Lipinski definition) is 5. The van der Waals surface area contributed by atoms with E-state index in [9.17, 15) is 0 Å². The monoisotopic (exact) mass is 258 g/mol. The van der Waals surface area contributed by atoms with E-state index in [1.807, 2.05) is 12.1 Å². The van der Waals surface area contributed by atoms with Crippen molar-refractivity contribution in [2.75, 3.05) is 11.9 Å². The smallest absolute Gasteiger partial charge is 0.200 e. The summed E-state index contributed by atoms with van der Waals surface area (Å²) in [5.41, 5.74) is 2.24. The van der Waals surface area contributed by atoms with E-state index in [-0.39, 0.29) is 0 Å². The van der Waals surface area contributed by atoms with Gasteiger partial charge in [0.1, 0.15) is 5.82 Å². The molecule has 0 atom stereocenters. The molecule has 100 valence electrons. The van der Waals surface area contributed by atoms with Gasteiger partial charge in [-0.2, -0.15) is 0 Å². The van der Waals surface area contributed by atoms with Crippen LogP contribution in [0.5, 0.6) is 0 Å². The van der Waals surface area contributed by atoms with E-state index >= 15 is 0 Å². The van der Waals surface area contributed by atoms with Crippen LogP contribution in [-0.4, -0.2) is 31.8 Å². The Hall–Kier alpha value is -1.98. The number of anilines is 1. The molecule has 0 saturated carbocycles. The van der Waals surface area contributed by atoms with Crippen molar-refractivity contribution in [2.45, 2.75) is 38.5 Å². The van der Waals surface area contributed by atoms with Gasteiger partial charge in [0.15, 0.2) is 5.65 Å². The fourth-order valence-corrected chi connectivity index (χ4v) is 2.40. The van der Waals surface area contributed by atoms with Crippen LogP contribution in [0.3, 0.4) is 0 Å². The van der Waals surface area contributed by atoms with E-state index in [0.29, 0.717) is 5.65 Å². The molecule has 0 saturated heterocycles. The molecule has 1 aliphatic carbocycles. The Kier molecular flexibility index (Phi) is 3.67. The van der Waals surface area contributed by atoms with Gasteiger partial charge in [-0.15, -0.1) is 14.8 Å². The summed E-state index contributed by atoms with van der Waals surface area (Å²) in [6.07, 6.45) is 10.0. The van der Waals surface area contributed by atoms with Crippen molar-refractivity contribution < 1.29 is 0 Å². The highest BCUT2D eigenvalue weighted by molar-refractivity contribution is 5.42. The molecule has 2 aromatic heterocycles. The quantitative estimate of drug-likeness (QED) is 0.852. The maximum absolute atomic E-state index is 4.29. The van der Waals surface area contributed by atoms with Crippen molar-refractivity contribution >= 4 is 11.5 Å². The molecule has 0 fully saturated rings. The molecule has 3 rings (SSSR count). The lowest BCUT2D eigenvalue weighted by Gasteiger charge is -2.07. The van der Waals surface area contributed by atoms with E-state index in [4.69, 9.17) is 0 Å². The lowest BCUT2D eigenvalue weighted by Crippen LogP contribution is -2.07. The highest BCUT2D eigenvalue weighted by Crippen LogP contribution is 2.19. The average Bonchev–Trinajstić information content (AvgIpc) is 2.74. The third-order valence-corrected chi connectivity index (χ3v) is 3.46. The van der Waals surface area contributed by atoms with Gasteiger partial charge in [-0.05, 0) is 54.7 Å². The molecule has 0 bridgehead atoms. The number of rotatable bonds is 4. The first-order valence-electron chi connectivity index (χ1n) is 6.89. The molecule has 6 nitrogen and oxygen atoms in total. The van der Waals surface area contributed by atoms with Crippen LogP contribution in [0, 0.1) is 0 Å². The molecule has 0 amide bonds. The van der Waals surface area contributed by atoms with Crippen LogP contribution >= 0.6 is 0 Å². The summed E-state index contributed by atoms with van der Waals surface area (Å²) in [6.45, 7) is 0.909. The summed E-state index contributed by atoms with van der Waals surface area (Å²) >= 11 is 0. The summed E-state index contributed by atoms with van der Waals surface area (Å²) < 4.78 is 1.44. The molecular formula is C13H18N6. The Morgan fingerprint density at radius 1 is 1.21 bits per heavy atom. The van der Waals surface area contributed by atoms with Gasteiger partial charge in [0.05, 0.1) is 0 Å². The molecule has 0 aromatic carbocycles. The molecule has 0 aliphatic heterocycles. The van der Waals surface area contributed by atoms with Gasteiger partial charge < -0.3 is 5.32 Å². The van der Waals surface area contributed by atoms with Gasteiger partial charge in [-0.3, -0.25) is 0 Å². The second-order valence-corrected chi connectivity index (χ2v) is 4.88. The van der Waals surface area contributed by atoms with Crippen molar-refractivity contribution in [3.8, 4) is 0 Å². The van der Waals surface area contributed by atoms with Gasteiger partial charge in [-0.25, -0.2) is 0 Å². The number of fused-ring (bicyclic) bond motifs is 1. The van der Waals surface area contributed by atoms with E-state index in [0.717, 1.165) is 18.8 Å². The second-order valence-electron chi connectivity index (χ2n) is 4.88. The highest BCUT2D eigenvalue weighted by atomic mass is 15.6. The van der Waals surface area contributed by atoms with Crippen LogP contribution in [0.1, 0.15) is 38.5 Å². The predicted molar refractivity (Wildman–Crippen MR) is 72.9 cm³/mol. The standard InChI is InChI=1S/C13H18N6/c1-2-4-6-11(5-3-1)9-10-14-12-7-8-13-15-17-18-19(13)16-12/h5,7-8H,1-4,6,9-10H2,(H,14,16). The van der Waals surface area contributed by atoms with Gasteiger partial charge in [0.2, 0.25) is 0 Å². The Balaban J connectivity index is 1.55. The minimum Gasteiger partial charge on any atom is -0.368 e. The summed E-state index contributed by atoms with van der Waals surface area (Å²) in [4.78, 5) is 0. The fourth-order valence-electron chi connectivity index (χ4n) is 2.40. The SMILES string of the molecule is C1=C(CCNc2ccc3nnnn3n2)CCCCC1. The van der Waals surface area contributed by atoms with Gasteiger partial charge in [0, 0.05) is 6.54 Å². The highest BCUT2D eigenvalue weighted by Gasteiger charge is 2.04. The van der Waals surface area contributed by atoms with Crippen LogP contribution < -0.4 is 5.32 Å². The first-order valence-corrected chi connectivity index (χ1v) is 6.89. The number of allylic oxidation sites excluding steroid dienone is 1. The number of hydrogen-bond donors (Lipinski definition) is 1. The maximum atomic E-state index is 4.29. The van der Waals surface area contributed by atoms with Crippen LogP contribution in [0.15, 0.2) is 23.8 Å².